The first kappa shape index (κ1) is 15.3. The summed E-state index contributed by atoms with van der Waals surface area (Å²) in [5, 5.41) is 16.6. The molecule has 0 amide bonds. The molecule has 0 saturated carbocycles. The zero-order valence-electron chi connectivity index (χ0n) is 12.5. The van der Waals surface area contributed by atoms with Crippen molar-refractivity contribution >= 4 is 5.97 Å². The van der Waals surface area contributed by atoms with Gasteiger partial charge in [-0.15, -0.1) is 0 Å². The molecule has 0 spiro atoms. The van der Waals surface area contributed by atoms with Gasteiger partial charge in [0.05, 0.1) is 11.3 Å². The van der Waals surface area contributed by atoms with Gasteiger partial charge in [0.1, 0.15) is 0 Å². The van der Waals surface area contributed by atoms with Crippen LogP contribution in [0.3, 0.4) is 0 Å². The number of carboxylic acids is 1. The first-order valence-electron chi connectivity index (χ1n) is 7.10. The summed E-state index contributed by atoms with van der Waals surface area (Å²) in [6.45, 7) is 6.63. The second-order valence-corrected chi connectivity index (χ2v) is 5.18. The van der Waals surface area contributed by atoms with Crippen LogP contribution in [0.15, 0.2) is 30.3 Å². The minimum absolute atomic E-state index is 0.322. The molecule has 5 heteroatoms. The maximum Gasteiger partial charge on any atom is 0.335 e. The van der Waals surface area contributed by atoms with Crippen LogP contribution in [0.5, 0.6) is 0 Å². The number of carbonyl (C=O) groups is 1. The van der Waals surface area contributed by atoms with Crippen LogP contribution in [0.4, 0.5) is 0 Å². The molecular formula is C16H21N3O2. The minimum Gasteiger partial charge on any atom is -0.478 e. The minimum atomic E-state index is -0.889. The van der Waals surface area contributed by atoms with Gasteiger partial charge in [0.2, 0.25) is 0 Å². The highest BCUT2D eigenvalue weighted by Gasteiger charge is 2.02. The molecule has 1 aromatic carbocycles. The lowest BCUT2D eigenvalue weighted by Crippen LogP contribution is -2.17. The predicted molar refractivity (Wildman–Crippen MR) is 81.4 cm³/mol. The Morgan fingerprint density at radius 3 is 2.57 bits per heavy atom. The Morgan fingerprint density at radius 1 is 1.29 bits per heavy atom. The highest BCUT2D eigenvalue weighted by molar-refractivity contribution is 5.87. The van der Waals surface area contributed by atoms with Gasteiger partial charge in [0.25, 0.3) is 0 Å². The van der Waals surface area contributed by atoms with Gasteiger partial charge >= 0.3 is 5.97 Å². The Morgan fingerprint density at radius 2 is 2.00 bits per heavy atom. The summed E-state index contributed by atoms with van der Waals surface area (Å²) in [5.74, 6) is -0.889. The van der Waals surface area contributed by atoms with Crippen LogP contribution in [-0.2, 0) is 13.1 Å². The third-order valence-electron chi connectivity index (χ3n) is 3.36. The summed E-state index contributed by atoms with van der Waals surface area (Å²) < 4.78 is 2.03. The van der Waals surface area contributed by atoms with Crippen molar-refractivity contribution in [2.24, 2.45) is 0 Å². The van der Waals surface area contributed by atoms with E-state index in [2.05, 4.69) is 23.4 Å². The Balaban J connectivity index is 1.70. The Kier molecular flexibility index (Phi) is 5.11. The van der Waals surface area contributed by atoms with E-state index in [0.29, 0.717) is 5.56 Å². The number of hydrogen-bond donors (Lipinski definition) is 2. The zero-order chi connectivity index (χ0) is 15.2. The van der Waals surface area contributed by atoms with E-state index >= 15 is 0 Å². The lowest BCUT2D eigenvalue weighted by atomic mass is 10.1. The molecule has 2 N–H and O–H groups in total. The van der Waals surface area contributed by atoms with Crippen molar-refractivity contribution in [3.05, 3.63) is 52.8 Å². The smallest absolute Gasteiger partial charge is 0.335 e. The van der Waals surface area contributed by atoms with Crippen LogP contribution >= 0.6 is 0 Å². The predicted octanol–water partition coefficient (Wildman–Crippen LogP) is 2.38. The fourth-order valence-corrected chi connectivity index (χ4v) is 2.25. The number of rotatable bonds is 7. The summed E-state index contributed by atoms with van der Waals surface area (Å²) in [6, 6.07) is 9.04. The van der Waals surface area contributed by atoms with E-state index in [1.54, 1.807) is 12.1 Å². The molecule has 0 atom stereocenters. The van der Waals surface area contributed by atoms with Gasteiger partial charge in [-0.2, -0.15) is 5.10 Å². The largest absolute Gasteiger partial charge is 0.478 e. The average molecular weight is 287 g/mol. The summed E-state index contributed by atoms with van der Waals surface area (Å²) in [6.07, 6.45) is 1.01. The number of aromatic carboxylic acids is 1. The van der Waals surface area contributed by atoms with Gasteiger partial charge in [-0.3, -0.25) is 4.68 Å². The fraction of sp³-hybridized carbons (Fsp3) is 0.375. The second-order valence-electron chi connectivity index (χ2n) is 5.18. The van der Waals surface area contributed by atoms with Gasteiger partial charge in [-0.05, 0) is 50.6 Å². The number of aromatic nitrogens is 2. The number of carboxylic acid groups (broad SMARTS) is 1. The third kappa shape index (κ3) is 4.43. The topological polar surface area (TPSA) is 67.2 Å². The molecule has 0 radical (unpaired) electrons. The highest BCUT2D eigenvalue weighted by atomic mass is 16.4. The summed E-state index contributed by atoms with van der Waals surface area (Å²) in [4.78, 5) is 10.8. The number of aryl methyl sites for hydroxylation is 3. The van der Waals surface area contributed by atoms with E-state index in [-0.39, 0.29) is 0 Å². The molecule has 2 rings (SSSR count). The Bertz CT molecular complexity index is 602. The number of nitrogens with one attached hydrogen (secondary N) is 1. The molecule has 2 aromatic rings. The summed E-state index contributed by atoms with van der Waals surface area (Å²) in [5.41, 5.74) is 3.66. The molecule has 0 aliphatic rings. The molecule has 0 fully saturated rings. The number of hydrogen-bond acceptors (Lipinski definition) is 3. The standard InChI is InChI=1S/C16H21N3O2/c1-12-10-13(2)19(18-12)9-3-8-17-11-14-4-6-15(7-5-14)16(20)21/h4-7,10,17H,3,8-9,11H2,1-2H3,(H,20,21). The van der Waals surface area contributed by atoms with E-state index in [1.165, 1.54) is 5.69 Å². The summed E-state index contributed by atoms with van der Waals surface area (Å²) >= 11 is 0. The van der Waals surface area contributed by atoms with Crippen molar-refractivity contribution in [2.45, 2.75) is 33.4 Å². The molecule has 5 nitrogen and oxygen atoms in total. The van der Waals surface area contributed by atoms with Crippen molar-refractivity contribution in [3.63, 3.8) is 0 Å². The zero-order valence-corrected chi connectivity index (χ0v) is 12.5. The van der Waals surface area contributed by atoms with Crippen LogP contribution in [-0.4, -0.2) is 27.4 Å². The van der Waals surface area contributed by atoms with Crippen LogP contribution in [0, 0.1) is 13.8 Å². The Hall–Kier alpha value is -2.14. The molecule has 0 bridgehead atoms. The van der Waals surface area contributed by atoms with Crippen molar-refractivity contribution in [1.82, 2.24) is 15.1 Å². The molecule has 1 aromatic heterocycles. The average Bonchev–Trinajstić information content (AvgIpc) is 2.77. The monoisotopic (exact) mass is 287 g/mol. The van der Waals surface area contributed by atoms with Crippen molar-refractivity contribution < 1.29 is 9.90 Å². The number of nitrogens with zero attached hydrogens (tertiary/aromatic N) is 2. The van der Waals surface area contributed by atoms with Crippen molar-refractivity contribution in [2.75, 3.05) is 6.54 Å². The lowest BCUT2D eigenvalue weighted by Gasteiger charge is -2.07. The van der Waals surface area contributed by atoms with Gasteiger partial charge in [0, 0.05) is 18.8 Å². The van der Waals surface area contributed by atoms with Gasteiger partial charge < -0.3 is 10.4 Å². The van der Waals surface area contributed by atoms with Crippen molar-refractivity contribution in [3.8, 4) is 0 Å². The van der Waals surface area contributed by atoms with Crippen LogP contribution in [0.2, 0.25) is 0 Å². The maximum absolute atomic E-state index is 10.8. The molecule has 112 valence electrons. The van der Waals surface area contributed by atoms with E-state index in [9.17, 15) is 4.79 Å². The highest BCUT2D eigenvalue weighted by Crippen LogP contribution is 2.05. The molecule has 1 heterocycles. The van der Waals surface area contributed by atoms with Crippen molar-refractivity contribution in [1.29, 1.82) is 0 Å². The quantitative estimate of drug-likeness (QED) is 0.767. The van der Waals surface area contributed by atoms with Crippen LogP contribution in [0.25, 0.3) is 0 Å². The van der Waals surface area contributed by atoms with Gasteiger partial charge in [-0.1, -0.05) is 12.1 Å². The van der Waals surface area contributed by atoms with Crippen LogP contribution < -0.4 is 5.32 Å². The van der Waals surface area contributed by atoms with Crippen LogP contribution in [0.1, 0.15) is 33.7 Å². The SMILES string of the molecule is Cc1cc(C)n(CCCNCc2ccc(C(=O)O)cc2)n1. The Labute approximate surface area is 124 Å². The number of benzene rings is 1. The first-order valence-corrected chi connectivity index (χ1v) is 7.10. The third-order valence-corrected chi connectivity index (χ3v) is 3.36. The lowest BCUT2D eigenvalue weighted by molar-refractivity contribution is 0.0697. The molecule has 21 heavy (non-hydrogen) atoms. The maximum atomic E-state index is 10.8. The van der Waals surface area contributed by atoms with E-state index in [1.807, 2.05) is 23.7 Å². The second kappa shape index (κ2) is 7.04. The molecule has 0 saturated heterocycles. The van der Waals surface area contributed by atoms with Gasteiger partial charge in [0.15, 0.2) is 0 Å². The van der Waals surface area contributed by atoms with E-state index < -0.39 is 5.97 Å². The molecular weight excluding hydrogens is 266 g/mol. The van der Waals surface area contributed by atoms with Gasteiger partial charge in [-0.25, -0.2) is 4.79 Å². The fourth-order valence-electron chi connectivity index (χ4n) is 2.25. The van der Waals surface area contributed by atoms with E-state index in [4.69, 9.17) is 5.11 Å². The van der Waals surface area contributed by atoms with E-state index in [0.717, 1.165) is 37.3 Å². The molecule has 0 aliphatic heterocycles. The molecule has 0 unspecified atom stereocenters. The normalized spacial score (nSPS) is 10.8. The summed E-state index contributed by atoms with van der Waals surface area (Å²) in [7, 11) is 0. The first-order chi connectivity index (χ1) is 10.1. The molecule has 0 aliphatic carbocycles.